The van der Waals surface area contributed by atoms with Gasteiger partial charge in [0.25, 0.3) is 0 Å². The van der Waals surface area contributed by atoms with Gasteiger partial charge in [-0.05, 0) is 80.1 Å². The summed E-state index contributed by atoms with van der Waals surface area (Å²) in [5, 5.41) is 3.34. The van der Waals surface area contributed by atoms with Crippen molar-refractivity contribution in [1.82, 2.24) is 0 Å². The number of allylic oxidation sites excluding steroid dienone is 3. The zero-order valence-corrected chi connectivity index (χ0v) is 15.7. The molecule has 3 heteroatoms. The van der Waals surface area contributed by atoms with Crippen LogP contribution in [0.4, 0.5) is 0 Å². The maximum absolute atomic E-state index is 11.0. The monoisotopic (exact) mass is 351 g/mol. The lowest BCUT2D eigenvalue weighted by atomic mass is 9.50. The SMILES string of the molecule is CC[C@]12CCC3C4=C(C=CC3C1C1CC1[C@@]21C=CCO1)CC(N=O)CC4. The highest BCUT2D eigenvalue weighted by atomic mass is 16.5. The molecule has 0 aromatic carbocycles. The first kappa shape index (κ1) is 15.8. The molecule has 3 nitrogen and oxygen atoms in total. The van der Waals surface area contributed by atoms with E-state index in [4.69, 9.17) is 4.74 Å². The third-order valence-corrected chi connectivity index (χ3v) is 9.19. The van der Waals surface area contributed by atoms with Crippen LogP contribution in [-0.4, -0.2) is 18.2 Å². The topological polar surface area (TPSA) is 38.7 Å². The van der Waals surface area contributed by atoms with Crippen molar-refractivity contribution >= 4 is 0 Å². The summed E-state index contributed by atoms with van der Waals surface area (Å²) >= 11 is 0. The summed E-state index contributed by atoms with van der Waals surface area (Å²) < 4.78 is 6.54. The van der Waals surface area contributed by atoms with Crippen LogP contribution in [0, 0.1) is 39.9 Å². The van der Waals surface area contributed by atoms with Gasteiger partial charge in [-0.25, -0.2) is 0 Å². The molecule has 6 rings (SSSR count). The Kier molecular flexibility index (Phi) is 3.15. The first-order valence-corrected chi connectivity index (χ1v) is 10.8. The van der Waals surface area contributed by atoms with Crippen molar-refractivity contribution in [2.24, 2.45) is 40.2 Å². The van der Waals surface area contributed by atoms with E-state index in [0.29, 0.717) is 17.3 Å². The molecular formula is C23H29NO2. The van der Waals surface area contributed by atoms with E-state index in [-0.39, 0.29) is 11.6 Å². The van der Waals surface area contributed by atoms with Crippen LogP contribution >= 0.6 is 0 Å². The van der Waals surface area contributed by atoms with Gasteiger partial charge in [0, 0.05) is 5.41 Å². The van der Waals surface area contributed by atoms with Gasteiger partial charge in [0.2, 0.25) is 0 Å². The lowest BCUT2D eigenvalue weighted by molar-refractivity contribution is -0.126. The zero-order chi connectivity index (χ0) is 17.5. The molecule has 3 fully saturated rings. The largest absolute Gasteiger partial charge is 0.366 e. The number of hydrogen-bond acceptors (Lipinski definition) is 3. The van der Waals surface area contributed by atoms with E-state index < -0.39 is 0 Å². The second-order valence-electron chi connectivity index (χ2n) is 9.68. The van der Waals surface area contributed by atoms with Crippen LogP contribution < -0.4 is 0 Å². The summed E-state index contributed by atoms with van der Waals surface area (Å²) in [6, 6.07) is 0.00728. The summed E-state index contributed by atoms with van der Waals surface area (Å²) in [7, 11) is 0. The molecular weight excluding hydrogens is 322 g/mol. The van der Waals surface area contributed by atoms with E-state index in [0.717, 1.165) is 43.6 Å². The van der Waals surface area contributed by atoms with Crippen molar-refractivity contribution in [3.8, 4) is 0 Å². The highest BCUT2D eigenvalue weighted by Crippen LogP contribution is 2.78. The number of hydrogen-bond donors (Lipinski definition) is 0. The Labute approximate surface area is 155 Å². The van der Waals surface area contributed by atoms with E-state index in [1.165, 1.54) is 31.3 Å². The number of nitrogens with zero attached hydrogens (tertiary/aromatic N) is 1. The Hall–Kier alpha value is -1.22. The van der Waals surface area contributed by atoms with E-state index in [1.54, 1.807) is 5.57 Å². The molecule has 0 radical (unpaired) electrons. The molecule has 6 unspecified atom stereocenters. The summed E-state index contributed by atoms with van der Waals surface area (Å²) in [5.41, 5.74) is 3.52. The number of fused-ring (bicyclic) bond motifs is 8. The molecule has 0 saturated heterocycles. The fourth-order valence-electron chi connectivity index (χ4n) is 8.25. The first-order valence-electron chi connectivity index (χ1n) is 10.8. The van der Waals surface area contributed by atoms with Crippen molar-refractivity contribution < 1.29 is 4.74 Å². The van der Waals surface area contributed by atoms with Crippen LogP contribution in [0.15, 0.2) is 40.6 Å². The minimum Gasteiger partial charge on any atom is -0.366 e. The van der Waals surface area contributed by atoms with E-state index in [2.05, 4.69) is 36.4 Å². The third-order valence-electron chi connectivity index (χ3n) is 9.19. The lowest BCUT2D eigenvalue weighted by Crippen LogP contribution is -2.54. The molecule has 0 amide bonds. The van der Waals surface area contributed by atoms with Crippen molar-refractivity contribution in [3.63, 3.8) is 0 Å². The van der Waals surface area contributed by atoms with Crippen LogP contribution in [-0.2, 0) is 4.74 Å². The number of rotatable bonds is 2. The Balaban J connectivity index is 1.39. The van der Waals surface area contributed by atoms with Gasteiger partial charge in [0.05, 0.1) is 18.2 Å². The number of ether oxygens (including phenoxy) is 1. The summed E-state index contributed by atoms with van der Waals surface area (Å²) in [5.74, 6) is 3.82. The Morgan fingerprint density at radius 2 is 2.27 bits per heavy atom. The maximum Gasteiger partial charge on any atom is 0.0962 e. The summed E-state index contributed by atoms with van der Waals surface area (Å²) in [4.78, 5) is 11.0. The van der Waals surface area contributed by atoms with Crippen LogP contribution in [0.2, 0.25) is 0 Å². The average Bonchev–Trinajstić information content (AvgIpc) is 3.26. The normalized spacial score (nSPS) is 53.3. The van der Waals surface area contributed by atoms with Crippen molar-refractivity contribution in [2.75, 3.05) is 6.61 Å². The fourth-order valence-corrected chi connectivity index (χ4v) is 8.25. The molecule has 0 N–H and O–H groups in total. The van der Waals surface area contributed by atoms with Gasteiger partial charge >= 0.3 is 0 Å². The van der Waals surface area contributed by atoms with Gasteiger partial charge in [-0.15, -0.1) is 0 Å². The molecule has 0 aromatic rings. The second kappa shape index (κ2) is 5.19. The van der Waals surface area contributed by atoms with Gasteiger partial charge in [-0.2, -0.15) is 4.91 Å². The molecule has 1 spiro atoms. The second-order valence-corrected chi connectivity index (χ2v) is 9.68. The van der Waals surface area contributed by atoms with E-state index >= 15 is 0 Å². The maximum atomic E-state index is 11.0. The summed E-state index contributed by atoms with van der Waals surface area (Å²) in [6.07, 6.45) is 17.8. The van der Waals surface area contributed by atoms with E-state index in [9.17, 15) is 4.91 Å². The lowest BCUT2D eigenvalue weighted by Gasteiger charge is -2.56. The summed E-state index contributed by atoms with van der Waals surface area (Å²) in [6.45, 7) is 3.23. The molecule has 3 saturated carbocycles. The van der Waals surface area contributed by atoms with E-state index in [1.807, 2.05) is 0 Å². The van der Waals surface area contributed by atoms with Crippen molar-refractivity contribution in [2.45, 2.75) is 63.5 Å². The first-order chi connectivity index (χ1) is 12.7. The molecule has 5 aliphatic carbocycles. The van der Waals surface area contributed by atoms with Crippen LogP contribution in [0.5, 0.6) is 0 Å². The molecule has 1 heterocycles. The average molecular weight is 351 g/mol. The molecule has 0 bridgehead atoms. The minimum absolute atomic E-state index is 0.00728. The molecule has 0 aromatic heterocycles. The number of nitroso groups, excluding NO2 is 1. The van der Waals surface area contributed by atoms with Gasteiger partial charge in [-0.1, -0.05) is 42.0 Å². The van der Waals surface area contributed by atoms with Crippen LogP contribution in [0.25, 0.3) is 0 Å². The van der Waals surface area contributed by atoms with Gasteiger partial charge in [0.1, 0.15) is 0 Å². The Bertz CT molecular complexity index is 751. The van der Waals surface area contributed by atoms with Crippen molar-refractivity contribution in [1.29, 1.82) is 0 Å². The molecule has 26 heavy (non-hydrogen) atoms. The predicted molar refractivity (Wildman–Crippen MR) is 101 cm³/mol. The highest BCUT2D eigenvalue weighted by Gasteiger charge is 2.76. The molecule has 8 atom stereocenters. The Morgan fingerprint density at radius 1 is 1.35 bits per heavy atom. The van der Waals surface area contributed by atoms with Gasteiger partial charge < -0.3 is 4.74 Å². The van der Waals surface area contributed by atoms with Crippen LogP contribution in [0.1, 0.15) is 51.9 Å². The van der Waals surface area contributed by atoms with Crippen molar-refractivity contribution in [3.05, 3.63) is 40.4 Å². The molecule has 1 aliphatic heterocycles. The minimum atomic E-state index is 0.00728. The Morgan fingerprint density at radius 3 is 3.04 bits per heavy atom. The predicted octanol–water partition coefficient (Wildman–Crippen LogP) is 5.19. The quantitative estimate of drug-likeness (QED) is 0.507. The fraction of sp³-hybridized carbons (Fsp3) is 0.739. The zero-order valence-electron chi connectivity index (χ0n) is 15.7. The van der Waals surface area contributed by atoms with Gasteiger partial charge in [0.15, 0.2) is 0 Å². The smallest absolute Gasteiger partial charge is 0.0962 e. The molecule has 6 aliphatic rings. The standard InChI is InChI=1S/C23H29NO2/c1-2-22-10-8-17-16-7-5-15(24-25)12-14(16)4-6-18(17)21(22)19-13-20(19)23(22)9-3-11-26-23/h3-4,6,9,15,17-21H,2,5,7-8,10-13H2,1H3/t15?,17?,18?,19?,20?,21?,22-,23-/m0/s1. The molecule has 138 valence electrons. The highest BCUT2D eigenvalue weighted by molar-refractivity contribution is 5.41. The third kappa shape index (κ3) is 1.70. The van der Waals surface area contributed by atoms with Gasteiger partial charge in [-0.3, -0.25) is 0 Å². The van der Waals surface area contributed by atoms with Crippen LogP contribution in [0.3, 0.4) is 0 Å².